The molecule has 0 bridgehead atoms. The lowest BCUT2D eigenvalue weighted by Crippen LogP contribution is -2.07. The van der Waals surface area contributed by atoms with Gasteiger partial charge in [-0.3, -0.25) is 0 Å². The summed E-state index contributed by atoms with van der Waals surface area (Å²) in [7, 11) is 0. The molecule has 17 heavy (non-hydrogen) atoms. The Morgan fingerprint density at radius 2 is 1.88 bits per heavy atom. The maximum Gasteiger partial charge on any atom is 0.127 e. The minimum absolute atomic E-state index is 0.338. The highest BCUT2D eigenvalue weighted by molar-refractivity contribution is 5.96. The van der Waals surface area contributed by atoms with Gasteiger partial charge in [-0.1, -0.05) is 24.3 Å². The highest BCUT2D eigenvalue weighted by atomic mass is 16.5. The Bertz CT molecular complexity index is 509. The zero-order valence-corrected chi connectivity index (χ0v) is 9.89. The molecule has 0 aliphatic rings. The van der Waals surface area contributed by atoms with E-state index in [-0.39, 0.29) is 6.10 Å². The molecule has 0 saturated heterocycles. The van der Waals surface area contributed by atoms with Crippen LogP contribution in [0, 0.1) is 0 Å². The van der Waals surface area contributed by atoms with Crippen LogP contribution in [0.25, 0.3) is 10.8 Å². The van der Waals surface area contributed by atoms with Crippen LogP contribution in [-0.2, 0) is 0 Å². The van der Waals surface area contributed by atoms with Crippen LogP contribution in [0.2, 0.25) is 0 Å². The van der Waals surface area contributed by atoms with E-state index in [4.69, 9.17) is 10.5 Å². The van der Waals surface area contributed by atoms with Crippen molar-refractivity contribution in [3.63, 3.8) is 0 Å². The van der Waals surface area contributed by atoms with Gasteiger partial charge in [-0.25, -0.2) is 0 Å². The van der Waals surface area contributed by atoms with Gasteiger partial charge in [-0.05, 0) is 19.1 Å². The number of rotatable bonds is 4. The number of aliphatic hydroxyl groups excluding tert-OH is 1. The fraction of sp³-hybridized carbons (Fsp3) is 0.286. The van der Waals surface area contributed by atoms with Crippen LogP contribution in [0.15, 0.2) is 36.4 Å². The van der Waals surface area contributed by atoms with Crippen molar-refractivity contribution in [3.8, 4) is 5.75 Å². The second-order valence-electron chi connectivity index (χ2n) is 4.18. The number of benzene rings is 2. The van der Waals surface area contributed by atoms with Gasteiger partial charge in [0.2, 0.25) is 0 Å². The quantitative estimate of drug-likeness (QED) is 0.795. The molecule has 0 amide bonds. The maximum atomic E-state index is 9.19. The minimum atomic E-state index is -0.338. The lowest BCUT2D eigenvalue weighted by molar-refractivity contribution is 0.156. The van der Waals surface area contributed by atoms with Crippen molar-refractivity contribution < 1.29 is 9.84 Å². The number of aliphatic hydroxyl groups is 1. The summed E-state index contributed by atoms with van der Waals surface area (Å²) >= 11 is 0. The third-order valence-electron chi connectivity index (χ3n) is 2.71. The Kier molecular flexibility index (Phi) is 3.49. The summed E-state index contributed by atoms with van der Waals surface area (Å²) in [4.78, 5) is 0. The molecule has 0 radical (unpaired) electrons. The first-order chi connectivity index (χ1) is 8.18. The van der Waals surface area contributed by atoms with E-state index < -0.39 is 0 Å². The second-order valence-corrected chi connectivity index (χ2v) is 4.18. The zero-order valence-electron chi connectivity index (χ0n) is 9.89. The fourth-order valence-electron chi connectivity index (χ4n) is 1.76. The van der Waals surface area contributed by atoms with Crippen LogP contribution in [0.4, 0.5) is 5.69 Å². The molecule has 0 aliphatic heterocycles. The average molecular weight is 231 g/mol. The smallest absolute Gasteiger partial charge is 0.127 e. The predicted octanol–water partition coefficient (Wildman–Crippen LogP) is 2.57. The Morgan fingerprint density at radius 3 is 2.59 bits per heavy atom. The van der Waals surface area contributed by atoms with E-state index in [1.54, 1.807) is 6.92 Å². The van der Waals surface area contributed by atoms with Crippen molar-refractivity contribution in [2.45, 2.75) is 19.4 Å². The summed E-state index contributed by atoms with van der Waals surface area (Å²) in [5, 5.41) is 11.2. The number of hydrogen-bond donors (Lipinski definition) is 2. The molecule has 90 valence electrons. The van der Waals surface area contributed by atoms with Gasteiger partial charge in [0, 0.05) is 22.9 Å². The molecule has 0 aliphatic carbocycles. The first kappa shape index (κ1) is 11.7. The van der Waals surface area contributed by atoms with E-state index in [0.29, 0.717) is 13.0 Å². The molecule has 0 saturated carbocycles. The molecule has 2 aromatic rings. The third kappa shape index (κ3) is 2.68. The molecule has 3 heteroatoms. The Morgan fingerprint density at radius 1 is 1.18 bits per heavy atom. The molecule has 0 fully saturated rings. The maximum absolute atomic E-state index is 9.19. The minimum Gasteiger partial charge on any atom is -0.493 e. The molecule has 0 heterocycles. The SMILES string of the molecule is CC(O)CCOc1ccc(N)c2ccccc12. The lowest BCUT2D eigenvalue weighted by atomic mass is 10.1. The fourth-order valence-corrected chi connectivity index (χ4v) is 1.76. The van der Waals surface area contributed by atoms with E-state index in [2.05, 4.69) is 0 Å². The van der Waals surface area contributed by atoms with Gasteiger partial charge in [-0.15, -0.1) is 0 Å². The van der Waals surface area contributed by atoms with Gasteiger partial charge < -0.3 is 15.6 Å². The lowest BCUT2D eigenvalue weighted by Gasteiger charge is -2.11. The highest BCUT2D eigenvalue weighted by Gasteiger charge is 2.05. The summed E-state index contributed by atoms with van der Waals surface area (Å²) in [5.74, 6) is 0.815. The van der Waals surface area contributed by atoms with E-state index in [1.807, 2.05) is 36.4 Å². The van der Waals surface area contributed by atoms with Crippen LogP contribution in [0.3, 0.4) is 0 Å². The van der Waals surface area contributed by atoms with E-state index in [0.717, 1.165) is 22.2 Å². The second kappa shape index (κ2) is 5.06. The molecule has 2 aromatic carbocycles. The topological polar surface area (TPSA) is 55.5 Å². The Labute approximate surface area is 101 Å². The third-order valence-corrected chi connectivity index (χ3v) is 2.71. The van der Waals surface area contributed by atoms with Crippen LogP contribution < -0.4 is 10.5 Å². The van der Waals surface area contributed by atoms with Crippen molar-refractivity contribution in [2.24, 2.45) is 0 Å². The molecule has 2 rings (SSSR count). The summed E-state index contributed by atoms with van der Waals surface area (Å²) in [6, 6.07) is 11.6. The molecule has 3 nitrogen and oxygen atoms in total. The predicted molar refractivity (Wildman–Crippen MR) is 70.2 cm³/mol. The molecule has 0 aromatic heterocycles. The van der Waals surface area contributed by atoms with Crippen molar-refractivity contribution in [1.29, 1.82) is 0 Å². The standard InChI is InChI=1S/C14H17NO2/c1-10(16)8-9-17-14-7-6-13(15)11-4-2-3-5-12(11)14/h2-7,10,16H,8-9,15H2,1H3. The first-order valence-electron chi connectivity index (χ1n) is 5.76. The first-order valence-corrected chi connectivity index (χ1v) is 5.76. The van der Waals surface area contributed by atoms with E-state index in [1.165, 1.54) is 0 Å². The van der Waals surface area contributed by atoms with E-state index >= 15 is 0 Å². The Balaban J connectivity index is 2.26. The van der Waals surface area contributed by atoms with Gasteiger partial charge in [0.15, 0.2) is 0 Å². The van der Waals surface area contributed by atoms with Crippen LogP contribution in [-0.4, -0.2) is 17.8 Å². The largest absolute Gasteiger partial charge is 0.493 e. The van der Waals surface area contributed by atoms with Gasteiger partial charge in [0.05, 0.1) is 12.7 Å². The molecule has 3 N–H and O–H groups in total. The number of nitrogen functional groups attached to an aromatic ring is 1. The van der Waals surface area contributed by atoms with Crippen molar-refractivity contribution in [3.05, 3.63) is 36.4 Å². The van der Waals surface area contributed by atoms with Crippen LogP contribution in [0.5, 0.6) is 5.75 Å². The average Bonchev–Trinajstić information content (AvgIpc) is 2.32. The summed E-state index contributed by atoms with van der Waals surface area (Å²) < 4.78 is 5.67. The monoisotopic (exact) mass is 231 g/mol. The molecular formula is C14H17NO2. The molecule has 1 unspecified atom stereocenters. The summed E-state index contributed by atoms with van der Waals surface area (Å²) in [5.41, 5.74) is 6.66. The molecular weight excluding hydrogens is 214 g/mol. The Hall–Kier alpha value is -1.74. The number of ether oxygens (including phenoxy) is 1. The van der Waals surface area contributed by atoms with Crippen LogP contribution in [0.1, 0.15) is 13.3 Å². The number of nitrogens with two attached hydrogens (primary N) is 1. The summed E-state index contributed by atoms with van der Waals surface area (Å²) in [6.07, 6.45) is 0.286. The van der Waals surface area contributed by atoms with Crippen molar-refractivity contribution >= 4 is 16.5 Å². The molecule has 1 atom stereocenters. The zero-order chi connectivity index (χ0) is 12.3. The molecule has 0 spiro atoms. The number of anilines is 1. The van der Waals surface area contributed by atoms with Crippen molar-refractivity contribution in [1.82, 2.24) is 0 Å². The summed E-state index contributed by atoms with van der Waals surface area (Å²) in [6.45, 7) is 2.26. The van der Waals surface area contributed by atoms with Gasteiger partial charge >= 0.3 is 0 Å². The van der Waals surface area contributed by atoms with Gasteiger partial charge in [-0.2, -0.15) is 0 Å². The number of fused-ring (bicyclic) bond motifs is 1. The van der Waals surface area contributed by atoms with E-state index in [9.17, 15) is 5.11 Å². The van der Waals surface area contributed by atoms with Crippen LogP contribution >= 0.6 is 0 Å². The highest BCUT2D eigenvalue weighted by Crippen LogP contribution is 2.29. The van der Waals surface area contributed by atoms with Crippen molar-refractivity contribution in [2.75, 3.05) is 12.3 Å². The van der Waals surface area contributed by atoms with Gasteiger partial charge in [0.1, 0.15) is 5.75 Å². The number of hydrogen-bond acceptors (Lipinski definition) is 3. The normalized spacial score (nSPS) is 12.6. The van der Waals surface area contributed by atoms with Gasteiger partial charge in [0.25, 0.3) is 0 Å².